The van der Waals surface area contributed by atoms with E-state index in [2.05, 4.69) is 31.2 Å². The van der Waals surface area contributed by atoms with Crippen molar-refractivity contribution < 1.29 is 4.79 Å². The van der Waals surface area contributed by atoms with Crippen LogP contribution in [0.1, 0.15) is 34.8 Å². The van der Waals surface area contributed by atoms with Gasteiger partial charge in [0, 0.05) is 11.3 Å². The average Bonchev–Trinajstić information content (AvgIpc) is 2.49. The van der Waals surface area contributed by atoms with Gasteiger partial charge in [0.1, 0.15) is 0 Å². The maximum absolute atomic E-state index is 12.1. The summed E-state index contributed by atoms with van der Waals surface area (Å²) in [6, 6.07) is 18.3. The minimum absolute atomic E-state index is 0.217. The third kappa shape index (κ3) is 4.53. The molecule has 0 aliphatic carbocycles. The van der Waals surface area contributed by atoms with Gasteiger partial charge >= 0.3 is 0 Å². The van der Waals surface area contributed by atoms with Gasteiger partial charge < -0.3 is 0 Å². The van der Waals surface area contributed by atoms with Crippen LogP contribution in [0.2, 0.25) is 0 Å². The summed E-state index contributed by atoms with van der Waals surface area (Å²) in [5.74, 6) is 1.65. The van der Waals surface area contributed by atoms with Gasteiger partial charge in [-0.05, 0) is 17.5 Å². The Balaban J connectivity index is 1.82. The summed E-state index contributed by atoms with van der Waals surface area (Å²) in [5, 5.41) is 0. The lowest BCUT2D eigenvalue weighted by Crippen LogP contribution is -2.02. The van der Waals surface area contributed by atoms with Crippen LogP contribution in [0, 0.1) is 0 Å². The molecule has 0 heterocycles. The van der Waals surface area contributed by atoms with E-state index in [0.717, 1.165) is 24.2 Å². The Bertz CT molecular complexity index is 531. The van der Waals surface area contributed by atoms with E-state index in [1.54, 1.807) is 11.8 Å². The Labute approximate surface area is 125 Å². The van der Waals surface area contributed by atoms with Gasteiger partial charge in [-0.1, -0.05) is 67.9 Å². The first-order valence-corrected chi connectivity index (χ1v) is 8.19. The van der Waals surface area contributed by atoms with E-state index in [9.17, 15) is 4.79 Å². The van der Waals surface area contributed by atoms with E-state index in [4.69, 9.17) is 0 Å². The van der Waals surface area contributed by atoms with Gasteiger partial charge in [0.2, 0.25) is 0 Å². The monoisotopic (exact) mass is 284 g/mol. The van der Waals surface area contributed by atoms with Gasteiger partial charge in [-0.3, -0.25) is 4.79 Å². The van der Waals surface area contributed by atoms with Crippen molar-refractivity contribution in [1.29, 1.82) is 0 Å². The van der Waals surface area contributed by atoms with Crippen LogP contribution in [-0.2, 0) is 12.2 Å². The summed E-state index contributed by atoms with van der Waals surface area (Å²) < 4.78 is 0. The molecule has 1 nitrogen and oxygen atoms in total. The van der Waals surface area contributed by atoms with Crippen LogP contribution in [0.4, 0.5) is 0 Å². The van der Waals surface area contributed by atoms with Crippen molar-refractivity contribution in [2.75, 3.05) is 5.75 Å². The summed E-state index contributed by atoms with van der Waals surface area (Å²) in [4.78, 5) is 12.1. The van der Waals surface area contributed by atoms with Crippen molar-refractivity contribution in [3.05, 3.63) is 71.3 Å². The molecule has 2 aromatic carbocycles. The zero-order chi connectivity index (χ0) is 14.2. The predicted octanol–water partition coefficient (Wildman–Crippen LogP) is 4.76. The molecular formula is C18H20OS. The molecule has 0 aliphatic heterocycles. The first kappa shape index (κ1) is 14.9. The first-order chi connectivity index (χ1) is 9.79. The molecule has 20 heavy (non-hydrogen) atoms. The number of hydrogen-bond acceptors (Lipinski definition) is 2. The molecule has 0 saturated heterocycles. The lowest BCUT2D eigenvalue weighted by atomic mass is 10.1. The zero-order valence-electron chi connectivity index (χ0n) is 11.8. The number of ketones is 1. The van der Waals surface area contributed by atoms with Gasteiger partial charge in [-0.2, -0.15) is 0 Å². The van der Waals surface area contributed by atoms with Crippen LogP contribution in [0.25, 0.3) is 0 Å². The molecule has 0 atom stereocenters. The minimum Gasteiger partial charge on any atom is -0.293 e. The number of Topliss-reactive ketones (excluding diaryl/α,β-unsaturated/α-hetero) is 1. The molecule has 2 heteroatoms. The summed E-state index contributed by atoms with van der Waals surface area (Å²) in [6.45, 7) is 2.17. The van der Waals surface area contributed by atoms with E-state index in [-0.39, 0.29) is 5.78 Å². The van der Waals surface area contributed by atoms with Crippen LogP contribution in [0.3, 0.4) is 0 Å². The highest BCUT2D eigenvalue weighted by Crippen LogP contribution is 2.14. The summed E-state index contributed by atoms with van der Waals surface area (Å²) >= 11 is 1.67. The highest BCUT2D eigenvalue weighted by atomic mass is 32.2. The smallest absolute Gasteiger partial charge is 0.172 e. The number of hydrogen-bond donors (Lipinski definition) is 0. The quantitative estimate of drug-likeness (QED) is 0.682. The molecule has 0 N–H and O–H groups in total. The number of aryl methyl sites for hydroxylation is 1. The molecule has 0 spiro atoms. The molecule has 0 aliphatic rings. The SMILES string of the molecule is CCCc1ccc(C(=O)CSCc2ccccc2)cc1. The molecule has 0 radical (unpaired) electrons. The molecule has 0 aromatic heterocycles. The van der Waals surface area contributed by atoms with Crippen molar-refractivity contribution in [1.82, 2.24) is 0 Å². The fourth-order valence-corrected chi connectivity index (χ4v) is 2.95. The summed E-state index contributed by atoms with van der Waals surface area (Å²) in [6.07, 6.45) is 2.22. The normalized spacial score (nSPS) is 10.4. The second-order valence-electron chi connectivity index (χ2n) is 4.85. The van der Waals surface area contributed by atoms with Crippen molar-refractivity contribution in [3.63, 3.8) is 0 Å². The molecule has 0 unspecified atom stereocenters. The Hall–Kier alpha value is -1.54. The van der Waals surface area contributed by atoms with Crippen LogP contribution in [0.5, 0.6) is 0 Å². The molecule has 0 fully saturated rings. The summed E-state index contributed by atoms with van der Waals surface area (Å²) in [7, 11) is 0. The fraction of sp³-hybridized carbons (Fsp3) is 0.278. The predicted molar refractivity (Wildman–Crippen MR) is 87.4 cm³/mol. The zero-order valence-corrected chi connectivity index (χ0v) is 12.7. The Kier molecular flexibility index (Phi) is 5.87. The van der Waals surface area contributed by atoms with E-state index >= 15 is 0 Å². The molecule has 0 bridgehead atoms. The van der Waals surface area contributed by atoms with E-state index < -0.39 is 0 Å². The van der Waals surface area contributed by atoms with Gasteiger partial charge in [-0.15, -0.1) is 11.8 Å². The van der Waals surface area contributed by atoms with Gasteiger partial charge in [0.15, 0.2) is 5.78 Å². The maximum atomic E-state index is 12.1. The topological polar surface area (TPSA) is 17.1 Å². The standard InChI is InChI=1S/C18H20OS/c1-2-6-15-9-11-17(12-10-15)18(19)14-20-13-16-7-4-3-5-8-16/h3-5,7-12H,2,6,13-14H2,1H3. The molecular weight excluding hydrogens is 264 g/mol. The number of rotatable bonds is 7. The third-order valence-electron chi connectivity index (χ3n) is 3.16. The van der Waals surface area contributed by atoms with E-state index in [1.165, 1.54) is 11.1 Å². The second-order valence-corrected chi connectivity index (χ2v) is 5.83. The Morgan fingerprint density at radius 3 is 2.30 bits per heavy atom. The highest BCUT2D eigenvalue weighted by molar-refractivity contribution is 7.99. The van der Waals surface area contributed by atoms with Crippen molar-refractivity contribution in [2.24, 2.45) is 0 Å². The van der Waals surface area contributed by atoms with Gasteiger partial charge in [0.25, 0.3) is 0 Å². The van der Waals surface area contributed by atoms with E-state index in [1.807, 2.05) is 30.3 Å². The van der Waals surface area contributed by atoms with E-state index in [0.29, 0.717) is 5.75 Å². The van der Waals surface area contributed by atoms with Gasteiger partial charge in [-0.25, -0.2) is 0 Å². The minimum atomic E-state index is 0.217. The van der Waals surface area contributed by atoms with Crippen LogP contribution < -0.4 is 0 Å². The lowest BCUT2D eigenvalue weighted by molar-refractivity contribution is 0.102. The molecule has 0 saturated carbocycles. The van der Waals surface area contributed by atoms with Crippen molar-refractivity contribution in [2.45, 2.75) is 25.5 Å². The maximum Gasteiger partial charge on any atom is 0.172 e. The highest BCUT2D eigenvalue weighted by Gasteiger charge is 2.06. The molecule has 2 aromatic rings. The number of thioether (sulfide) groups is 1. The number of carbonyl (C=O) groups is 1. The fourth-order valence-electron chi connectivity index (χ4n) is 2.07. The number of benzene rings is 2. The third-order valence-corrected chi connectivity index (χ3v) is 4.16. The summed E-state index contributed by atoms with van der Waals surface area (Å²) in [5.41, 5.74) is 3.40. The number of carbonyl (C=O) groups excluding carboxylic acids is 1. The molecule has 104 valence electrons. The Morgan fingerprint density at radius 2 is 1.65 bits per heavy atom. The second kappa shape index (κ2) is 7.91. The Morgan fingerprint density at radius 1 is 0.950 bits per heavy atom. The van der Waals surface area contributed by atoms with Gasteiger partial charge in [0.05, 0.1) is 5.75 Å². The molecule has 2 rings (SSSR count). The van der Waals surface area contributed by atoms with Crippen molar-refractivity contribution >= 4 is 17.5 Å². The lowest BCUT2D eigenvalue weighted by Gasteiger charge is -2.04. The molecule has 0 amide bonds. The largest absolute Gasteiger partial charge is 0.293 e. The average molecular weight is 284 g/mol. The van der Waals surface area contributed by atoms with Crippen LogP contribution in [0.15, 0.2) is 54.6 Å². The van der Waals surface area contributed by atoms with Crippen LogP contribution >= 0.6 is 11.8 Å². The first-order valence-electron chi connectivity index (χ1n) is 7.03. The van der Waals surface area contributed by atoms with Crippen LogP contribution in [-0.4, -0.2) is 11.5 Å². The van der Waals surface area contributed by atoms with Crippen molar-refractivity contribution in [3.8, 4) is 0 Å².